The average Bonchev–Trinajstić information content (AvgIpc) is 2.29. The molecule has 0 atom stereocenters. The van der Waals surface area contributed by atoms with E-state index < -0.39 is 0 Å². The SMILES string of the molecule is COC(=O)CN(C)C(=O)C1CCCCC1. The molecule has 1 aliphatic rings. The van der Waals surface area contributed by atoms with Crippen LogP contribution in [-0.2, 0) is 14.3 Å². The highest BCUT2D eigenvalue weighted by Gasteiger charge is 2.24. The summed E-state index contributed by atoms with van der Waals surface area (Å²) in [6.45, 7) is 0.0613. The molecule has 1 aliphatic carbocycles. The third-order valence-corrected chi connectivity index (χ3v) is 2.92. The number of esters is 1. The van der Waals surface area contributed by atoms with Crippen LogP contribution < -0.4 is 0 Å². The van der Waals surface area contributed by atoms with E-state index in [1.165, 1.54) is 18.4 Å². The highest BCUT2D eigenvalue weighted by Crippen LogP contribution is 2.24. The standard InChI is InChI=1S/C11H19NO3/c1-12(8-10(13)15-2)11(14)9-6-4-3-5-7-9/h9H,3-8H2,1-2H3. The molecule has 4 heteroatoms. The minimum absolute atomic E-state index is 0.0613. The number of methoxy groups -OCH3 is 1. The zero-order chi connectivity index (χ0) is 11.3. The molecule has 0 saturated heterocycles. The van der Waals surface area contributed by atoms with Crippen LogP contribution >= 0.6 is 0 Å². The van der Waals surface area contributed by atoms with E-state index >= 15 is 0 Å². The van der Waals surface area contributed by atoms with E-state index in [1.807, 2.05) is 0 Å². The minimum Gasteiger partial charge on any atom is -0.468 e. The lowest BCUT2D eigenvalue weighted by atomic mass is 9.88. The van der Waals surface area contributed by atoms with Gasteiger partial charge in [0.05, 0.1) is 7.11 Å². The number of amides is 1. The summed E-state index contributed by atoms with van der Waals surface area (Å²) >= 11 is 0. The molecule has 1 rings (SSSR count). The van der Waals surface area contributed by atoms with Gasteiger partial charge in [-0.15, -0.1) is 0 Å². The molecule has 0 aromatic heterocycles. The normalized spacial score (nSPS) is 17.2. The van der Waals surface area contributed by atoms with Crippen molar-refractivity contribution in [1.82, 2.24) is 4.90 Å². The van der Waals surface area contributed by atoms with E-state index in [9.17, 15) is 9.59 Å². The monoisotopic (exact) mass is 213 g/mol. The predicted molar refractivity (Wildman–Crippen MR) is 56.2 cm³/mol. The summed E-state index contributed by atoms with van der Waals surface area (Å²) in [6, 6.07) is 0. The van der Waals surface area contributed by atoms with Gasteiger partial charge in [-0.2, -0.15) is 0 Å². The van der Waals surface area contributed by atoms with Crippen LogP contribution in [0.25, 0.3) is 0 Å². The smallest absolute Gasteiger partial charge is 0.325 e. The van der Waals surface area contributed by atoms with Crippen molar-refractivity contribution in [1.29, 1.82) is 0 Å². The van der Waals surface area contributed by atoms with Gasteiger partial charge in [-0.3, -0.25) is 9.59 Å². The largest absolute Gasteiger partial charge is 0.468 e. The van der Waals surface area contributed by atoms with Crippen LogP contribution in [0.2, 0.25) is 0 Å². The first-order valence-electron chi connectivity index (χ1n) is 5.47. The summed E-state index contributed by atoms with van der Waals surface area (Å²) in [5, 5.41) is 0. The zero-order valence-electron chi connectivity index (χ0n) is 9.49. The highest BCUT2D eigenvalue weighted by atomic mass is 16.5. The molecule has 15 heavy (non-hydrogen) atoms. The maximum atomic E-state index is 11.9. The molecule has 0 heterocycles. The second-order valence-electron chi connectivity index (χ2n) is 4.11. The number of hydrogen-bond donors (Lipinski definition) is 0. The third kappa shape index (κ3) is 3.53. The van der Waals surface area contributed by atoms with E-state index in [0.29, 0.717) is 0 Å². The molecule has 0 aromatic rings. The van der Waals surface area contributed by atoms with Crippen molar-refractivity contribution in [2.45, 2.75) is 32.1 Å². The molecule has 0 aromatic carbocycles. The Hall–Kier alpha value is -1.06. The number of likely N-dealkylation sites (N-methyl/N-ethyl adjacent to an activating group) is 1. The molecule has 0 bridgehead atoms. The van der Waals surface area contributed by atoms with Crippen molar-refractivity contribution in [2.75, 3.05) is 20.7 Å². The van der Waals surface area contributed by atoms with Crippen molar-refractivity contribution in [3.63, 3.8) is 0 Å². The van der Waals surface area contributed by atoms with Crippen molar-refractivity contribution in [3.8, 4) is 0 Å². The quantitative estimate of drug-likeness (QED) is 0.662. The summed E-state index contributed by atoms with van der Waals surface area (Å²) in [6.07, 6.45) is 5.41. The van der Waals surface area contributed by atoms with Gasteiger partial charge < -0.3 is 9.64 Å². The van der Waals surface area contributed by atoms with Crippen molar-refractivity contribution >= 4 is 11.9 Å². The van der Waals surface area contributed by atoms with E-state index in [0.717, 1.165) is 25.7 Å². The van der Waals surface area contributed by atoms with Gasteiger partial charge in [-0.25, -0.2) is 0 Å². The lowest BCUT2D eigenvalue weighted by Crippen LogP contribution is -2.37. The van der Waals surface area contributed by atoms with Gasteiger partial charge in [0, 0.05) is 13.0 Å². The van der Waals surface area contributed by atoms with Gasteiger partial charge in [0.1, 0.15) is 6.54 Å². The minimum atomic E-state index is -0.360. The number of ether oxygens (including phenoxy) is 1. The second-order valence-corrected chi connectivity index (χ2v) is 4.11. The summed E-state index contributed by atoms with van der Waals surface area (Å²) in [5.41, 5.74) is 0. The average molecular weight is 213 g/mol. The van der Waals surface area contributed by atoms with Gasteiger partial charge in [-0.1, -0.05) is 19.3 Å². The predicted octanol–water partition coefficient (Wildman–Crippen LogP) is 1.20. The van der Waals surface area contributed by atoms with Crippen LogP contribution in [0.4, 0.5) is 0 Å². The van der Waals surface area contributed by atoms with Gasteiger partial charge in [-0.05, 0) is 12.8 Å². The van der Waals surface area contributed by atoms with Crippen LogP contribution in [-0.4, -0.2) is 37.5 Å². The first-order chi connectivity index (χ1) is 7.15. The number of carbonyl (C=O) groups is 2. The summed E-state index contributed by atoms with van der Waals surface area (Å²) < 4.78 is 4.53. The topological polar surface area (TPSA) is 46.6 Å². The number of hydrogen-bond acceptors (Lipinski definition) is 3. The fourth-order valence-electron chi connectivity index (χ4n) is 2.00. The van der Waals surface area contributed by atoms with Crippen molar-refractivity contribution in [2.24, 2.45) is 5.92 Å². The summed E-state index contributed by atoms with van der Waals surface area (Å²) in [7, 11) is 3.00. The van der Waals surface area contributed by atoms with Gasteiger partial charge in [0.25, 0.3) is 0 Å². The number of rotatable bonds is 3. The van der Waals surface area contributed by atoms with Crippen LogP contribution in [0.15, 0.2) is 0 Å². The highest BCUT2D eigenvalue weighted by molar-refractivity contribution is 5.83. The number of nitrogens with zero attached hydrogens (tertiary/aromatic N) is 1. The lowest BCUT2D eigenvalue weighted by Gasteiger charge is -2.25. The molecule has 86 valence electrons. The Bertz CT molecular complexity index is 234. The Morgan fingerprint density at radius 1 is 1.27 bits per heavy atom. The first-order valence-corrected chi connectivity index (χ1v) is 5.47. The molecule has 0 unspecified atom stereocenters. The maximum Gasteiger partial charge on any atom is 0.325 e. The third-order valence-electron chi connectivity index (χ3n) is 2.92. The Morgan fingerprint density at radius 2 is 1.87 bits per heavy atom. The van der Waals surface area contributed by atoms with Gasteiger partial charge in [0.15, 0.2) is 0 Å². The van der Waals surface area contributed by atoms with Crippen LogP contribution in [0.5, 0.6) is 0 Å². The Labute approximate surface area is 90.6 Å². The molecule has 0 spiro atoms. The molecule has 1 saturated carbocycles. The van der Waals surface area contributed by atoms with E-state index in [1.54, 1.807) is 7.05 Å². The molecule has 4 nitrogen and oxygen atoms in total. The molecular formula is C11H19NO3. The van der Waals surface area contributed by atoms with E-state index in [-0.39, 0.29) is 24.3 Å². The molecule has 1 amide bonds. The van der Waals surface area contributed by atoms with E-state index in [4.69, 9.17) is 0 Å². The number of carbonyl (C=O) groups excluding carboxylic acids is 2. The molecule has 0 aliphatic heterocycles. The summed E-state index contributed by atoms with van der Waals surface area (Å²) in [5.74, 6) is -0.157. The maximum absolute atomic E-state index is 11.9. The Kier molecular flexibility index (Phi) is 4.59. The lowest BCUT2D eigenvalue weighted by molar-refractivity contribution is -0.147. The van der Waals surface area contributed by atoms with Gasteiger partial charge >= 0.3 is 5.97 Å². The molecule has 0 N–H and O–H groups in total. The summed E-state index contributed by atoms with van der Waals surface area (Å²) in [4.78, 5) is 24.3. The second kappa shape index (κ2) is 5.73. The molecule has 1 fully saturated rings. The van der Waals surface area contributed by atoms with Crippen LogP contribution in [0.3, 0.4) is 0 Å². The Morgan fingerprint density at radius 3 is 2.40 bits per heavy atom. The van der Waals surface area contributed by atoms with Crippen molar-refractivity contribution in [3.05, 3.63) is 0 Å². The van der Waals surface area contributed by atoms with Crippen molar-refractivity contribution < 1.29 is 14.3 Å². The zero-order valence-corrected chi connectivity index (χ0v) is 9.49. The van der Waals surface area contributed by atoms with Crippen LogP contribution in [0.1, 0.15) is 32.1 Å². The first kappa shape index (κ1) is 12.0. The molecular weight excluding hydrogens is 194 g/mol. The van der Waals surface area contributed by atoms with Crippen LogP contribution in [0, 0.1) is 5.92 Å². The van der Waals surface area contributed by atoms with Gasteiger partial charge in [0.2, 0.25) is 5.91 Å². The van der Waals surface area contributed by atoms with E-state index in [2.05, 4.69) is 4.74 Å². The molecule has 0 radical (unpaired) electrons. The fraction of sp³-hybridized carbons (Fsp3) is 0.818. The Balaban J connectivity index is 2.40. The fourth-order valence-corrected chi connectivity index (χ4v) is 2.00.